The topological polar surface area (TPSA) is 65.5 Å². The molecule has 0 radical (unpaired) electrons. The van der Waals surface area contributed by atoms with Crippen LogP contribution in [0.4, 0.5) is 0 Å². The maximum absolute atomic E-state index is 12.9. The highest BCUT2D eigenvalue weighted by molar-refractivity contribution is 6.29. The molecule has 1 aliphatic rings. The van der Waals surface area contributed by atoms with Crippen molar-refractivity contribution >= 4 is 23.5 Å². The zero-order chi connectivity index (χ0) is 22.4. The van der Waals surface area contributed by atoms with E-state index in [-0.39, 0.29) is 11.9 Å². The van der Waals surface area contributed by atoms with Gasteiger partial charge in [-0.25, -0.2) is 14.6 Å². The minimum Gasteiger partial charge on any atom is -0.462 e. The second-order valence-electron chi connectivity index (χ2n) is 8.94. The van der Waals surface area contributed by atoms with Gasteiger partial charge >= 0.3 is 11.9 Å². The number of esters is 2. The lowest BCUT2D eigenvalue weighted by atomic mass is 9.99. The number of hydrogen-bond acceptors (Lipinski definition) is 5. The zero-order valence-corrected chi connectivity index (χ0v) is 19.2. The maximum atomic E-state index is 12.9. The molecule has 0 spiro atoms. The third-order valence-electron chi connectivity index (χ3n) is 5.01. The summed E-state index contributed by atoms with van der Waals surface area (Å²) in [7, 11) is 0. The van der Waals surface area contributed by atoms with Crippen LogP contribution in [0, 0.1) is 0 Å². The first kappa shape index (κ1) is 23.3. The number of aromatic nitrogens is 1. The number of ether oxygens (including phenoxy) is 2. The summed E-state index contributed by atoms with van der Waals surface area (Å²) in [5.41, 5.74) is 2.22. The second kappa shape index (κ2) is 10.3. The quantitative estimate of drug-likeness (QED) is 0.264. The molecular weight excluding hydrogens is 414 g/mol. The number of nitrogens with zero attached hydrogens (tertiary/aromatic N) is 1. The average molecular weight is 444 g/mol. The third-order valence-corrected chi connectivity index (χ3v) is 5.21. The molecule has 1 fully saturated rings. The first-order valence-electron chi connectivity index (χ1n) is 10.9. The Kier molecular flexibility index (Phi) is 7.71. The van der Waals surface area contributed by atoms with E-state index in [2.05, 4.69) is 4.98 Å². The van der Waals surface area contributed by atoms with Crippen molar-refractivity contribution in [2.45, 2.75) is 70.8 Å². The lowest BCUT2D eigenvalue weighted by molar-refractivity contribution is 0.00661. The average Bonchev–Trinajstić information content (AvgIpc) is 3.54. The molecule has 0 bridgehead atoms. The smallest absolute Gasteiger partial charge is 0.340 e. The van der Waals surface area contributed by atoms with Crippen molar-refractivity contribution < 1.29 is 19.1 Å². The van der Waals surface area contributed by atoms with Gasteiger partial charge < -0.3 is 9.47 Å². The number of aryl methyl sites for hydroxylation is 1. The molecule has 3 rings (SSSR count). The van der Waals surface area contributed by atoms with Gasteiger partial charge in [-0.05, 0) is 89.0 Å². The summed E-state index contributed by atoms with van der Waals surface area (Å²) >= 11 is 6.27. The fourth-order valence-corrected chi connectivity index (χ4v) is 3.66. The summed E-state index contributed by atoms with van der Waals surface area (Å²) in [5, 5.41) is 0.418. The van der Waals surface area contributed by atoms with Gasteiger partial charge in [-0.3, -0.25) is 0 Å². The van der Waals surface area contributed by atoms with Gasteiger partial charge in [0, 0.05) is 0 Å². The van der Waals surface area contributed by atoms with Crippen LogP contribution in [-0.2, 0) is 15.9 Å². The molecule has 1 aromatic carbocycles. The van der Waals surface area contributed by atoms with Crippen LogP contribution < -0.4 is 0 Å². The van der Waals surface area contributed by atoms with Crippen LogP contribution >= 0.6 is 11.6 Å². The fraction of sp³-hybridized carbons (Fsp3) is 0.480. The van der Waals surface area contributed by atoms with Gasteiger partial charge in [-0.15, -0.1) is 0 Å². The lowest BCUT2D eigenvalue weighted by Crippen LogP contribution is -2.25. The number of carbonyl (C=O) groups is 2. The van der Waals surface area contributed by atoms with E-state index in [1.165, 1.54) is 0 Å². The van der Waals surface area contributed by atoms with Crippen molar-refractivity contribution in [3.63, 3.8) is 0 Å². The summed E-state index contributed by atoms with van der Waals surface area (Å²) in [6.45, 7) is 5.95. The van der Waals surface area contributed by atoms with Gasteiger partial charge in [0.25, 0.3) is 0 Å². The molecule has 6 heteroatoms. The van der Waals surface area contributed by atoms with E-state index in [4.69, 9.17) is 21.1 Å². The van der Waals surface area contributed by atoms with E-state index < -0.39 is 5.60 Å². The second-order valence-corrected chi connectivity index (χ2v) is 9.33. The zero-order valence-electron chi connectivity index (χ0n) is 18.4. The van der Waals surface area contributed by atoms with Crippen LogP contribution in [0.1, 0.15) is 90.8 Å². The molecule has 1 saturated carbocycles. The normalized spacial score (nSPS) is 13.7. The summed E-state index contributed by atoms with van der Waals surface area (Å²) < 4.78 is 11.0. The summed E-state index contributed by atoms with van der Waals surface area (Å²) in [6, 6.07) is 10.8. The number of carbonyl (C=O) groups excluding carboxylic acids is 2. The number of unbranched alkanes of at least 4 members (excludes halogenated alkanes) is 2. The standard InChI is InChI=1S/C25H30ClNO4/c1-25(2,3)31-24(29)22-19(17-13-14-17)16-21(26)27-20(22)12-8-5-9-15-30-23(28)18-10-6-4-7-11-18/h4,6-7,10-11,16-17H,5,8-9,12-15H2,1-3H3. The van der Waals surface area contributed by atoms with E-state index in [1.54, 1.807) is 12.1 Å². The molecule has 0 amide bonds. The van der Waals surface area contributed by atoms with Gasteiger partial charge in [-0.2, -0.15) is 0 Å². The molecule has 0 atom stereocenters. The Balaban J connectivity index is 1.57. The largest absolute Gasteiger partial charge is 0.462 e. The molecular formula is C25H30ClNO4. The maximum Gasteiger partial charge on any atom is 0.340 e. The first-order valence-corrected chi connectivity index (χ1v) is 11.3. The van der Waals surface area contributed by atoms with Crippen molar-refractivity contribution in [3.8, 4) is 0 Å². The molecule has 1 aliphatic carbocycles. The molecule has 1 aromatic heterocycles. The monoisotopic (exact) mass is 443 g/mol. The van der Waals surface area contributed by atoms with Crippen molar-refractivity contribution in [2.75, 3.05) is 6.61 Å². The predicted octanol–water partition coefficient (Wildman–Crippen LogP) is 6.14. The van der Waals surface area contributed by atoms with Crippen molar-refractivity contribution in [3.05, 3.63) is 63.9 Å². The minimum atomic E-state index is -0.572. The van der Waals surface area contributed by atoms with Gasteiger partial charge in [-0.1, -0.05) is 29.8 Å². The van der Waals surface area contributed by atoms with E-state index in [0.717, 1.165) is 37.7 Å². The van der Waals surface area contributed by atoms with E-state index >= 15 is 0 Å². The molecule has 0 N–H and O–H groups in total. The van der Waals surface area contributed by atoms with Crippen LogP contribution in [-0.4, -0.2) is 29.1 Å². The molecule has 0 unspecified atom stereocenters. The highest BCUT2D eigenvalue weighted by atomic mass is 35.5. The minimum absolute atomic E-state index is 0.307. The molecule has 1 heterocycles. The molecule has 31 heavy (non-hydrogen) atoms. The Labute approximate surface area is 189 Å². The highest BCUT2D eigenvalue weighted by Gasteiger charge is 2.32. The van der Waals surface area contributed by atoms with Crippen molar-refractivity contribution in [1.82, 2.24) is 4.98 Å². The van der Waals surface area contributed by atoms with E-state index in [0.29, 0.717) is 40.9 Å². The van der Waals surface area contributed by atoms with E-state index in [9.17, 15) is 9.59 Å². The molecule has 0 saturated heterocycles. The van der Waals surface area contributed by atoms with Crippen molar-refractivity contribution in [1.29, 1.82) is 0 Å². The van der Waals surface area contributed by atoms with Crippen molar-refractivity contribution in [2.24, 2.45) is 0 Å². The lowest BCUT2D eigenvalue weighted by Gasteiger charge is -2.22. The molecule has 2 aromatic rings. The SMILES string of the molecule is CC(C)(C)OC(=O)c1c(C2CC2)cc(Cl)nc1CCCCCOC(=O)c1ccccc1. The van der Waals surface area contributed by atoms with Crippen LogP contribution in [0.2, 0.25) is 5.15 Å². The van der Waals surface area contributed by atoms with Gasteiger partial charge in [0.2, 0.25) is 0 Å². The summed E-state index contributed by atoms with van der Waals surface area (Å²) in [4.78, 5) is 29.4. The summed E-state index contributed by atoms with van der Waals surface area (Å²) in [5.74, 6) is -0.275. The Bertz CT molecular complexity index is 917. The number of halogens is 1. The number of rotatable bonds is 9. The first-order chi connectivity index (χ1) is 14.7. The molecule has 5 nitrogen and oxygen atoms in total. The van der Waals surface area contributed by atoms with Crippen LogP contribution in [0.3, 0.4) is 0 Å². The van der Waals surface area contributed by atoms with Crippen LogP contribution in [0.5, 0.6) is 0 Å². The Morgan fingerprint density at radius 1 is 1.06 bits per heavy atom. The van der Waals surface area contributed by atoms with Gasteiger partial charge in [0.15, 0.2) is 0 Å². The van der Waals surface area contributed by atoms with Gasteiger partial charge in [0.1, 0.15) is 10.8 Å². The number of pyridine rings is 1. The summed E-state index contributed by atoms with van der Waals surface area (Å²) in [6.07, 6.45) is 5.15. The van der Waals surface area contributed by atoms with Gasteiger partial charge in [0.05, 0.1) is 23.4 Å². The number of hydrogen-bond donors (Lipinski definition) is 0. The predicted molar refractivity (Wildman–Crippen MR) is 121 cm³/mol. The number of benzene rings is 1. The highest BCUT2D eigenvalue weighted by Crippen LogP contribution is 2.43. The molecule has 166 valence electrons. The van der Waals surface area contributed by atoms with Crippen LogP contribution in [0.25, 0.3) is 0 Å². The molecule has 0 aliphatic heterocycles. The fourth-order valence-electron chi connectivity index (χ4n) is 3.44. The van der Waals surface area contributed by atoms with E-state index in [1.807, 2.05) is 45.0 Å². The Morgan fingerprint density at radius 3 is 2.42 bits per heavy atom. The Morgan fingerprint density at radius 2 is 1.77 bits per heavy atom. The third kappa shape index (κ3) is 7.06. The van der Waals surface area contributed by atoms with Crippen LogP contribution in [0.15, 0.2) is 36.4 Å². The Hall–Kier alpha value is -2.40.